The van der Waals surface area contributed by atoms with Gasteiger partial charge < -0.3 is 14.8 Å². The molecule has 130 valence electrons. The number of hydrogen-bond donors (Lipinski definition) is 1. The molecule has 0 atom stereocenters. The molecule has 0 aromatic heterocycles. The van der Waals surface area contributed by atoms with Crippen molar-refractivity contribution in [3.63, 3.8) is 0 Å². The Kier molecular flexibility index (Phi) is 8.10. The van der Waals surface area contributed by atoms with Gasteiger partial charge in [0.1, 0.15) is 12.4 Å². The highest BCUT2D eigenvalue weighted by Crippen LogP contribution is 2.26. The minimum absolute atomic E-state index is 0.298. The van der Waals surface area contributed by atoms with Crippen LogP contribution in [0, 0.1) is 0 Å². The molecule has 2 rings (SSSR count). The van der Waals surface area contributed by atoms with Crippen molar-refractivity contribution in [2.24, 2.45) is 0 Å². The van der Waals surface area contributed by atoms with Crippen molar-refractivity contribution >= 4 is 11.6 Å². The number of benzene rings is 2. The third kappa shape index (κ3) is 6.91. The van der Waals surface area contributed by atoms with Gasteiger partial charge in [-0.3, -0.25) is 0 Å². The SMILES string of the molecule is CC(C)OCCCNCc1ccc(OCc2ccccc2)c(Cl)c1. The molecule has 0 aliphatic rings. The van der Waals surface area contributed by atoms with Gasteiger partial charge in [-0.05, 0) is 50.1 Å². The molecule has 4 heteroatoms. The highest BCUT2D eigenvalue weighted by molar-refractivity contribution is 6.32. The van der Waals surface area contributed by atoms with Crippen molar-refractivity contribution in [2.45, 2.75) is 39.5 Å². The normalized spacial score (nSPS) is 11.0. The molecular formula is C20H26ClNO2. The Hall–Kier alpha value is -1.55. The highest BCUT2D eigenvalue weighted by Gasteiger charge is 2.04. The minimum atomic E-state index is 0.298. The molecule has 0 fully saturated rings. The van der Waals surface area contributed by atoms with E-state index in [1.165, 1.54) is 0 Å². The summed E-state index contributed by atoms with van der Waals surface area (Å²) in [5, 5.41) is 4.05. The van der Waals surface area contributed by atoms with Crippen LogP contribution in [-0.2, 0) is 17.9 Å². The van der Waals surface area contributed by atoms with Crippen LogP contribution in [0.25, 0.3) is 0 Å². The molecule has 0 spiro atoms. The summed E-state index contributed by atoms with van der Waals surface area (Å²) in [6.45, 7) is 7.14. The highest BCUT2D eigenvalue weighted by atomic mass is 35.5. The van der Waals surface area contributed by atoms with Crippen LogP contribution in [-0.4, -0.2) is 19.3 Å². The molecule has 0 saturated carbocycles. The fraction of sp³-hybridized carbons (Fsp3) is 0.400. The van der Waals surface area contributed by atoms with Crippen molar-refractivity contribution in [3.8, 4) is 5.75 Å². The molecule has 0 aliphatic heterocycles. The molecule has 1 N–H and O–H groups in total. The first kappa shape index (κ1) is 18.8. The Morgan fingerprint density at radius 2 is 1.83 bits per heavy atom. The van der Waals surface area contributed by atoms with Crippen LogP contribution in [0.5, 0.6) is 5.75 Å². The van der Waals surface area contributed by atoms with Gasteiger partial charge >= 0.3 is 0 Å². The van der Waals surface area contributed by atoms with Gasteiger partial charge in [-0.1, -0.05) is 48.0 Å². The van der Waals surface area contributed by atoms with Crippen molar-refractivity contribution in [1.29, 1.82) is 0 Å². The third-order valence-corrected chi connectivity index (χ3v) is 3.81. The number of halogens is 1. The molecule has 2 aromatic rings. The maximum absolute atomic E-state index is 6.32. The van der Waals surface area contributed by atoms with Crippen LogP contribution in [0.2, 0.25) is 5.02 Å². The van der Waals surface area contributed by atoms with E-state index >= 15 is 0 Å². The van der Waals surface area contributed by atoms with Gasteiger partial charge in [0.05, 0.1) is 11.1 Å². The van der Waals surface area contributed by atoms with E-state index in [-0.39, 0.29) is 0 Å². The zero-order valence-electron chi connectivity index (χ0n) is 14.4. The predicted octanol–water partition coefficient (Wildman–Crippen LogP) is 4.82. The molecule has 0 aliphatic carbocycles. The van der Waals surface area contributed by atoms with Crippen molar-refractivity contribution < 1.29 is 9.47 Å². The molecule has 0 amide bonds. The quantitative estimate of drug-likeness (QED) is 0.625. The summed E-state index contributed by atoms with van der Waals surface area (Å²) in [6, 6.07) is 16.0. The van der Waals surface area contributed by atoms with Crippen LogP contribution in [0.3, 0.4) is 0 Å². The summed E-state index contributed by atoms with van der Waals surface area (Å²) in [5.74, 6) is 0.717. The van der Waals surface area contributed by atoms with E-state index in [4.69, 9.17) is 21.1 Å². The van der Waals surface area contributed by atoms with Gasteiger partial charge in [0, 0.05) is 13.2 Å². The lowest BCUT2D eigenvalue weighted by Gasteiger charge is -2.11. The fourth-order valence-corrected chi connectivity index (χ4v) is 2.51. The Morgan fingerprint density at radius 3 is 2.54 bits per heavy atom. The molecule has 0 unspecified atom stereocenters. The first-order valence-electron chi connectivity index (χ1n) is 8.42. The lowest BCUT2D eigenvalue weighted by Crippen LogP contribution is -2.17. The molecule has 0 heterocycles. The van der Waals surface area contributed by atoms with E-state index in [0.717, 1.165) is 43.0 Å². The van der Waals surface area contributed by atoms with Crippen LogP contribution >= 0.6 is 11.6 Å². The fourth-order valence-electron chi connectivity index (χ4n) is 2.26. The molecule has 0 saturated heterocycles. The maximum atomic E-state index is 6.32. The van der Waals surface area contributed by atoms with Crippen molar-refractivity contribution in [2.75, 3.05) is 13.2 Å². The second-order valence-electron chi connectivity index (χ2n) is 5.99. The molecule has 0 radical (unpaired) electrons. The van der Waals surface area contributed by atoms with Crippen molar-refractivity contribution in [3.05, 3.63) is 64.7 Å². The smallest absolute Gasteiger partial charge is 0.138 e. The van der Waals surface area contributed by atoms with Gasteiger partial charge in [-0.15, -0.1) is 0 Å². The summed E-state index contributed by atoms with van der Waals surface area (Å²) >= 11 is 6.32. The lowest BCUT2D eigenvalue weighted by atomic mass is 10.2. The number of hydrogen-bond acceptors (Lipinski definition) is 3. The molecule has 2 aromatic carbocycles. The Balaban J connectivity index is 1.73. The maximum Gasteiger partial charge on any atom is 0.138 e. The van der Waals surface area contributed by atoms with E-state index in [1.54, 1.807) is 0 Å². The molecule has 24 heavy (non-hydrogen) atoms. The Morgan fingerprint density at radius 1 is 1.04 bits per heavy atom. The van der Waals surface area contributed by atoms with Gasteiger partial charge in [-0.25, -0.2) is 0 Å². The van der Waals surface area contributed by atoms with Gasteiger partial charge in [0.2, 0.25) is 0 Å². The van der Waals surface area contributed by atoms with E-state index in [2.05, 4.69) is 19.2 Å². The average molecular weight is 348 g/mol. The van der Waals surface area contributed by atoms with E-state index < -0.39 is 0 Å². The predicted molar refractivity (Wildman–Crippen MR) is 99.6 cm³/mol. The average Bonchev–Trinajstić information content (AvgIpc) is 2.58. The standard InChI is InChI=1S/C20H26ClNO2/c1-16(2)23-12-6-11-22-14-18-9-10-20(19(21)13-18)24-15-17-7-4-3-5-8-17/h3-5,7-10,13,16,22H,6,11-12,14-15H2,1-2H3. The molecule has 0 bridgehead atoms. The zero-order valence-corrected chi connectivity index (χ0v) is 15.2. The number of rotatable bonds is 10. The minimum Gasteiger partial charge on any atom is -0.487 e. The van der Waals surface area contributed by atoms with Gasteiger partial charge in [0.15, 0.2) is 0 Å². The van der Waals surface area contributed by atoms with Gasteiger partial charge in [0.25, 0.3) is 0 Å². The monoisotopic (exact) mass is 347 g/mol. The van der Waals surface area contributed by atoms with E-state index in [0.29, 0.717) is 17.7 Å². The number of ether oxygens (including phenoxy) is 2. The largest absolute Gasteiger partial charge is 0.487 e. The summed E-state index contributed by atoms with van der Waals surface area (Å²) in [4.78, 5) is 0. The van der Waals surface area contributed by atoms with Crippen LogP contribution < -0.4 is 10.1 Å². The van der Waals surface area contributed by atoms with E-state index in [1.807, 2.05) is 48.5 Å². The first-order valence-corrected chi connectivity index (χ1v) is 8.80. The van der Waals surface area contributed by atoms with Crippen LogP contribution in [0.4, 0.5) is 0 Å². The second-order valence-corrected chi connectivity index (χ2v) is 6.40. The topological polar surface area (TPSA) is 30.5 Å². The second kappa shape index (κ2) is 10.3. The summed E-state index contributed by atoms with van der Waals surface area (Å²) < 4.78 is 11.3. The summed E-state index contributed by atoms with van der Waals surface area (Å²) in [6.07, 6.45) is 1.30. The summed E-state index contributed by atoms with van der Waals surface area (Å²) in [7, 11) is 0. The van der Waals surface area contributed by atoms with Crippen molar-refractivity contribution in [1.82, 2.24) is 5.32 Å². The Bertz CT molecular complexity index is 602. The summed E-state index contributed by atoms with van der Waals surface area (Å²) in [5.41, 5.74) is 2.28. The Labute approximate surface area is 149 Å². The number of nitrogens with one attached hydrogen (secondary N) is 1. The van der Waals surface area contributed by atoms with Gasteiger partial charge in [-0.2, -0.15) is 0 Å². The van der Waals surface area contributed by atoms with E-state index in [9.17, 15) is 0 Å². The molecule has 3 nitrogen and oxygen atoms in total. The third-order valence-electron chi connectivity index (χ3n) is 3.51. The zero-order chi connectivity index (χ0) is 17.2. The lowest BCUT2D eigenvalue weighted by molar-refractivity contribution is 0.0770. The van der Waals surface area contributed by atoms with Crippen LogP contribution in [0.1, 0.15) is 31.4 Å². The first-order chi connectivity index (χ1) is 11.6. The molecular weight excluding hydrogens is 322 g/mol. The van der Waals surface area contributed by atoms with Crippen LogP contribution in [0.15, 0.2) is 48.5 Å².